The normalized spacial score (nSPS) is 18.0. The summed E-state index contributed by atoms with van der Waals surface area (Å²) in [5, 5.41) is 2.79. The predicted molar refractivity (Wildman–Crippen MR) is 90.1 cm³/mol. The van der Waals surface area contributed by atoms with Gasteiger partial charge in [0.1, 0.15) is 5.75 Å². The molecule has 0 unspecified atom stereocenters. The number of halogens is 3. The number of hydrogen-bond acceptors (Lipinski definition) is 3. The first-order valence-corrected chi connectivity index (χ1v) is 7.78. The molecule has 4 nitrogen and oxygen atoms in total. The van der Waals surface area contributed by atoms with Crippen molar-refractivity contribution in [2.75, 3.05) is 4.90 Å². The summed E-state index contributed by atoms with van der Waals surface area (Å²) in [6.07, 6.45) is -4.56. The monoisotopic (exact) mass is 366 g/mol. The summed E-state index contributed by atoms with van der Waals surface area (Å²) in [6, 6.07) is 14.3. The van der Waals surface area contributed by atoms with Crippen molar-refractivity contribution in [1.29, 1.82) is 0 Å². The Kier molecular flexibility index (Phi) is 4.63. The maximum absolute atomic E-state index is 12.3. The third-order valence-electron chi connectivity index (χ3n) is 3.69. The van der Waals surface area contributed by atoms with E-state index in [0.29, 0.717) is 5.69 Å². The number of alkyl halides is 3. The molecular weight excluding hydrogens is 353 g/mol. The third kappa shape index (κ3) is 4.08. The molecule has 1 saturated heterocycles. The van der Waals surface area contributed by atoms with Gasteiger partial charge in [-0.1, -0.05) is 30.3 Å². The number of carbonyl (C=O) groups is 1. The highest BCUT2D eigenvalue weighted by atomic mass is 32.1. The summed E-state index contributed by atoms with van der Waals surface area (Å²) >= 11 is 5.27. The van der Waals surface area contributed by atoms with Gasteiger partial charge in [0, 0.05) is 5.69 Å². The number of ether oxygens (including phenoxy) is 1. The average Bonchev–Trinajstić information content (AvgIpc) is 2.55. The van der Waals surface area contributed by atoms with E-state index in [4.69, 9.17) is 12.2 Å². The second-order valence-corrected chi connectivity index (χ2v) is 5.78. The van der Waals surface area contributed by atoms with Crippen molar-refractivity contribution in [2.45, 2.75) is 18.8 Å². The van der Waals surface area contributed by atoms with Crippen LogP contribution in [-0.4, -0.2) is 17.4 Å². The summed E-state index contributed by atoms with van der Waals surface area (Å²) in [4.78, 5) is 13.6. The molecule has 3 rings (SSSR count). The molecule has 2 aromatic rings. The lowest BCUT2D eigenvalue weighted by molar-refractivity contribution is -0.274. The van der Waals surface area contributed by atoms with Gasteiger partial charge in [0.2, 0.25) is 5.91 Å². The molecule has 1 aliphatic heterocycles. The van der Waals surface area contributed by atoms with Crippen LogP contribution in [-0.2, 0) is 4.79 Å². The first-order chi connectivity index (χ1) is 11.8. The number of thiocarbonyl (C=S) groups is 1. The molecule has 0 aliphatic carbocycles. The highest BCUT2D eigenvalue weighted by molar-refractivity contribution is 7.80. The van der Waals surface area contributed by atoms with Crippen LogP contribution in [0.5, 0.6) is 5.75 Å². The van der Waals surface area contributed by atoms with Crippen molar-refractivity contribution in [1.82, 2.24) is 5.32 Å². The number of hydrogen-bond donors (Lipinski definition) is 1. The van der Waals surface area contributed by atoms with Crippen LogP contribution in [0.25, 0.3) is 0 Å². The zero-order valence-electron chi connectivity index (χ0n) is 12.8. The number of nitrogens with zero attached hydrogens (tertiary/aromatic N) is 1. The average molecular weight is 366 g/mol. The Morgan fingerprint density at radius 2 is 1.72 bits per heavy atom. The van der Waals surface area contributed by atoms with Gasteiger partial charge in [0.05, 0.1) is 12.5 Å². The second-order valence-electron chi connectivity index (χ2n) is 5.40. The van der Waals surface area contributed by atoms with E-state index in [1.807, 2.05) is 30.3 Å². The Balaban J connectivity index is 1.92. The van der Waals surface area contributed by atoms with Crippen LogP contribution in [0.2, 0.25) is 0 Å². The van der Waals surface area contributed by atoms with E-state index < -0.39 is 6.36 Å². The summed E-state index contributed by atoms with van der Waals surface area (Å²) in [5.41, 5.74) is 1.45. The standard InChI is InChI=1S/C17H13F3N2O2S/c18-17(19,20)24-13-8-6-12(7-9-13)22-14(10-15(23)21-16(22)25)11-4-2-1-3-5-11/h1-9,14H,10H2,(H,21,23,25)/t14-/m0/s1. The summed E-state index contributed by atoms with van der Waals surface area (Å²) < 4.78 is 40.7. The summed E-state index contributed by atoms with van der Waals surface area (Å²) in [5.74, 6) is -0.522. The minimum Gasteiger partial charge on any atom is -0.406 e. The Hall–Kier alpha value is -2.61. The number of carbonyl (C=O) groups excluding carboxylic acids is 1. The molecule has 2 aromatic carbocycles. The largest absolute Gasteiger partial charge is 0.573 e. The molecule has 0 aromatic heterocycles. The van der Waals surface area contributed by atoms with Gasteiger partial charge in [-0.2, -0.15) is 0 Å². The van der Waals surface area contributed by atoms with E-state index in [1.54, 1.807) is 4.90 Å². The van der Waals surface area contributed by atoms with Crippen LogP contribution < -0.4 is 15.0 Å². The van der Waals surface area contributed by atoms with Crippen LogP contribution >= 0.6 is 12.2 Å². The molecule has 0 spiro atoms. The molecule has 130 valence electrons. The predicted octanol–water partition coefficient (Wildman–Crippen LogP) is 3.94. The van der Waals surface area contributed by atoms with Crippen LogP contribution in [0, 0.1) is 0 Å². The van der Waals surface area contributed by atoms with Crippen molar-refractivity contribution in [3.05, 3.63) is 60.2 Å². The van der Waals surface area contributed by atoms with E-state index in [9.17, 15) is 18.0 Å². The Morgan fingerprint density at radius 3 is 2.32 bits per heavy atom. The molecule has 0 radical (unpaired) electrons. The van der Waals surface area contributed by atoms with Crippen LogP contribution in [0.4, 0.5) is 18.9 Å². The summed E-state index contributed by atoms with van der Waals surface area (Å²) in [6.45, 7) is 0. The molecule has 1 fully saturated rings. The van der Waals surface area contributed by atoms with Crippen molar-refractivity contribution >= 4 is 28.9 Å². The van der Waals surface area contributed by atoms with Gasteiger partial charge in [-0.25, -0.2) is 0 Å². The molecule has 0 bridgehead atoms. The molecule has 1 N–H and O–H groups in total. The lowest BCUT2D eigenvalue weighted by atomic mass is 9.99. The zero-order chi connectivity index (χ0) is 18.0. The van der Waals surface area contributed by atoms with Gasteiger partial charge in [0.25, 0.3) is 0 Å². The van der Waals surface area contributed by atoms with Crippen molar-refractivity contribution in [3.8, 4) is 5.75 Å². The number of amides is 1. The van der Waals surface area contributed by atoms with Crippen molar-refractivity contribution in [2.24, 2.45) is 0 Å². The van der Waals surface area contributed by atoms with Crippen molar-refractivity contribution in [3.63, 3.8) is 0 Å². The second kappa shape index (κ2) is 6.72. The fourth-order valence-electron chi connectivity index (χ4n) is 2.69. The molecule has 1 heterocycles. The quantitative estimate of drug-likeness (QED) is 0.836. The molecule has 1 atom stereocenters. The lowest BCUT2D eigenvalue weighted by Crippen LogP contribution is -2.51. The Labute approximate surface area is 147 Å². The number of nitrogens with one attached hydrogen (secondary N) is 1. The molecular formula is C17H13F3N2O2S. The first kappa shape index (κ1) is 17.2. The van der Waals surface area contributed by atoms with Crippen LogP contribution in [0.3, 0.4) is 0 Å². The minimum atomic E-state index is -4.75. The molecule has 8 heteroatoms. The maximum Gasteiger partial charge on any atom is 0.573 e. The molecule has 0 saturated carbocycles. The fourth-order valence-corrected chi connectivity index (χ4v) is 3.03. The summed E-state index contributed by atoms with van der Waals surface area (Å²) in [7, 11) is 0. The number of anilines is 1. The van der Waals surface area contributed by atoms with Crippen molar-refractivity contribution < 1.29 is 22.7 Å². The van der Waals surface area contributed by atoms with Gasteiger partial charge < -0.3 is 15.0 Å². The molecule has 25 heavy (non-hydrogen) atoms. The fraction of sp³-hybridized carbons (Fsp3) is 0.176. The maximum atomic E-state index is 12.3. The third-order valence-corrected chi connectivity index (χ3v) is 3.99. The highest BCUT2D eigenvalue weighted by Gasteiger charge is 2.33. The van der Waals surface area contributed by atoms with E-state index >= 15 is 0 Å². The first-order valence-electron chi connectivity index (χ1n) is 7.37. The van der Waals surface area contributed by atoms with Crippen LogP contribution in [0.1, 0.15) is 18.0 Å². The van der Waals surface area contributed by atoms with Crippen LogP contribution in [0.15, 0.2) is 54.6 Å². The van der Waals surface area contributed by atoms with Gasteiger partial charge >= 0.3 is 6.36 Å². The van der Waals surface area contributed by atoms with E-state index in [0.717, 1.165) is 5.56 Å². The van der Waals surface area contributed by atoms with E-state index in [1.165, 1.54) is 24.3 Å². The van der Waals surface area contributed by atoms with E-state index in [2.05, 4.69) is 10.1 Å². The molecule has 1 aliphatic rings. The Morgan fingerprint density at radius 1 is 1.08 bits per heavy atom. The smallest absolute Gasteiger partial charge is 0.406 e. The number of benzene rings is 2. The van der Waals surface area contributed by atoms with E-state index in [-0.39, 0.29) is 29.2 Å². The highest BCUT2D eigenvalue weighted by Crippen LogP contribution is 2.34. The molecule has 1 amide bonds. The van der Waals surface area contributed by atoms with Gasteiger partial charge in [-0.3, -0.25) is 4.79 Å². The zero-order valence-corrected chi connectivity index (χ0v) is 13.6. The number of rotatable bonds is 3. The SMILES string of the molecule is O=C1C[C@@H](c2ccccc2)N(c2ccc(OC(F)(F)F)cc2)C(=S)N1. The lowest BCUT2D eigenvalue weighted by Gasteiger charge is -2.37. The minimum absolute atomic E-state index is 0.185. The van der Waals surface area contributed by atoms with Gasteiger partial charge in [0.15, 0.2) is 5.11 Å². The topological polar surface area (TPSA) is 41.6 Å². The Bertz CT molecular complexity index is 779. The van der Waals surface area contributed by atoms with Gasteiger partial charge in [-0.05, 0) is 42.0 Å². The van der Waals surface area contributed by atoms with Gasteiger partial charge in [-0.15, -0.1) is 13.2 Å².